The van der Waals surface area contributed by atoms with E-state index >= 15 is 0 Å². The molecule has 10 aromatic carbocycles. The van der Waals surface area contributed by atoms with Crippen LogP contribution in [-0.4, -0.2) is 15.0 Å². The summed E-state index contributed by atoms with van der Waals surface area (Å²) in [6.07, 6.45) is 0. The highest BCUT2D eigenvalue weighted by Crippen LogP contribution is 2.42. The van der Waals surface area contributed by atoms with Gasteiger partial charge in [0.25, 0.3) is 0 Å². The molecule has 0 atom stereocenters. The molecule has 2 aromatic heterocycles. The number of fused-ring (bicyclic) bond motifs is 4. The van der Waals surface area contributed by atoms with Crippen LogP contribution in [0, 0.1) is 0 Å². The molecule has 0 saturated heterocycles. The normalized spacial score (nSPS) is 11.4. The average Bonchev–Trinajstić information content (AvgIpc) is 3.78. The molecule has 12 aromatic rings. The van der Waals surface area contributed by atoms with Gasteiger partial charge in [-0.25, -0.2) is 15.0 Å². The second-order valence-corrected chi connectivity index (χ2v) is 16.3. The standard InChI is InChI=1S/C61H39N3O/c1-3-16-40(17-4-1)45-21-14-23-47(39-45)60-62-59(63-61(64-60)56-28-10-7-24-48(56)42-18-5-2-6-19-42)43-34-32-41(33-35-43)44-20-13-22-46(38-44)49-36-37-52(51-26-9-8-25-50(49)51)54-29-15-30-55-53-27-11-12-31-57(53)65-58(54)55/h1-39H. The lowest BCUT2D eigenvalue weighted by Gasteiger charge is -2.14. The molecule has 0 aliphatic rings. The van der Waals surface area contributed by atoms with Crippen LogP contribution in [0.1, 0.15) is 0 Å². The maximum Gasteiger partial charge on any atom is 0.164 e. The summed E-state index contributed by atoms with van der Waals surface area (Å²) in [5, 5.41) is 4.63. The van der Waals surface area contributed by atoms with Crippen LogP contribution in [-0.2, 0) is 0 Å². The van der Waals surface area contributed by atoms with Gasteiger partial charge in [-0.2, -0.15) is 0 Å². The summed E-state index contributed by atoms with van der Waals surface area (Å²) < 4.78 is 6.49. The van der Waals surface area contributed by atoms with Gasteiger partial charge in [-0.05, 0) is 79.0 Å². The molecule has 0 spiro atoms. The minimum Gasteiger partial charge on any atom is -0.455 e. The highest BCUT2D eigenvalue weighted by molar-refractivity contribution is 6.13. The summed E-state index contributed by atoms with van der Waals surface area (Å²) in [6, 6.07) is 82.9. The molecule has 4 nitrogen and oxygen atoms in total. The summed E-state index contributed by atoms with van der Waals surface area (Å²) in [5.74, 6) is 1.86. The van der Waals surface area contributed by atoms with Gasteiger partial charge in [0.15, 0.2) is 17.5 Å². The number of hydrogen-bond donors (Lipinski definition) is 0. The Morgan fingerprint density at radius 3 is 1.45 bits per heavy atom. The molecule has 0 saturated carbocycles. The van der Waals surface area contributed by atoms with Crippen molar-refractivity contribution in [1.82, 2.24) is 15.0 Å². The van der Waals surface area contributed by atoms with E-state index in [-0.39, 0.29) is 0 Å². The predicted molar refractivity (Wildman–Crippen MR) is 268 cm³/mol. The van der Waals surface area contributed by atoms with E-state index in [1.54, 1.807) is 0 Å². The zero-order valence-corrected chi connectivity index (χ0v) is 35.3. The monoisotopic (exact) mass is 829 g/mol. The molecular formula is C61H39N3O. The van der Waals surface area contributed by atoms with E-state index in [1.165, 1.54) is 16.3 Å². The second kappa shape index (κ2) is 16.2. The average molecular weight is 830 g/mol. The van der Waals surface area contributed by atoms with Gasteiger partial charge < -0.3 is 4.42 Å². The number of furan rings is 1. The van der Waals surface area contributed by atoms with Crippen molar-refractivity contribution in [2.75, 3.05) is 0 Å². The van der Waals surface area contributed by atoms with Gasteiger partial charge in [0.2, 0.25) is 0 Å². The van der Waals surface area contributed by atoms with E-state index in [9.17, 15) is 0 Å². The van der Waals surface area contributed by atoms with Crippen LogP contribution in [0.5, 0.6) is 0 Å². The van der Waals surface area contributed by atoms with Crippen LogP contribution in [0.25, 0.3) is 123 Å². The van der Waals surface area contributed by atoms with Gasteiger partial charge in [0, 0.05) is 33.0 Å². The van der Waals surface area contributed by atoms with E-state index < -0.39 is 0 Å². The van der Waals surface area contributed by atoms with Crippen LogP contribution in [0.3, 0.4) is 0 Å². The van der Waals surface area contributed by atoms with Crippen LogP contribution < -0.4 is 0 Å². The van der Waals surface area contributed by atoms with Crippen molar-refractivity contribution in [2.45, 2.75) is 0 Å². The molecule has 0 fully saturated rings. The van der Waals surface area contributed by atoms with Gasteiger partial charge in [-0.15, -0.1) is 0 Å². The molecule has 0 radical (unpaired) electrons. The van der Waals surface area contributed by atoms with Crippen molar-refractivity contribution >= 4 is 32.7 Å². The third kappa shape index (κ3) is 7.04. The molecule has 0 unspecified atom stereocenters. The van der Waals surface area contributed by atoms with E-state index in [1.807, 2.05) is 30.3 Å². The van der Waals surface area contributed by atoms with E-state index in [4.69, 9.17) is 19.4 Å². The van der Waals surface area contributed by atoms with Gasteiger partial charge in [-0.1, -0.05) is 218 Å². The number of hydrogen-bond acceptors (Lipinski definition) is 4. The first-order chi connectivity index (χ1) is 32.2. The van der Waals surface area contributed by atoms with Crippen LogP contribution in [0.15, 0.2) is 241 Å². The van der Waals surface area contributed by atoms with Gasteiger partial charge in [0.05, 0.1) is 0 Å². The molecule has 0 N–H and O–H groups in total. The summed E-state index contributed by atoms with van der Waals surface area (Å²) in [7, 11) is 0. The Balaban J connectivity index is 0.921. The van der Waals surface area contributed by atoms with Crippen molar-refractivity contribution in [3.63, 3.8) is 0 Å². The minimum absolute atomic E-state index is 0.614. The maximum absolute atomic E-state index is 6.49. The summed E-state index contributed by atoms with van der Waals surface area (Å²) in [4.78, 5) is 15.5. The largest absolute Gasteiger partial charge is 0.455 e. The Bertz CT molecular complexity index is 3710. The van der Waals surface area contributed by atoms with Crippen LogP contribution >= 0.6 is 0 Å². The lowest BCUT2D eigenvalue weighted by molar-refractivity contribution is 0.670. The molecular weight excluding hydrogens is 791 g/mol. The zero-order chi connectivity index (χ0) is 43.1. The lowest BCUT2D eigenvalue weighted by Crippen LogP contribution is -2.01. The Kier molecular flexibility index (Phi) is 9.46. The number of aromatic nitrogens is 3. The summed E-state index contributed by atoms with van der Waals surface area (Å²) in [6.45, 7) is 0. The smallest absolute Gasteiger partial charge is 0.164 e. The van der Waals surface area contributed by atoms with Gasteiger partial charge in [-0.3, -0.25) is 0 Å². The predicted octanol–water partition coefficient (Wildman–Crippen LogP) is 16.3. The lowest BCUT2D eigenvalue weighted by atomic mass is 9.90. The summed E-state index contributed by atoms with van der Waals surface area (Å²) >= 11 is 0. The van der Waals surface area contributed by atoms with E-state index in [0.29, 0.717) is 17.5 Å². The topological polar surface area (TPSA) is 51.8 Å². The number of para-hydroxylation sites is 2. The number of benzene rings is 10. The molecule has 2 heterocycles. The van der Waals surface area contributed by atoms with E-state index in [0.717, 1.165) is 88.7 Å². The van der Waals surface area contributed by atoms with Gasteiger partial charge >= 0.3 is 0 Å². The maximum atomic E-state index is 6.49. The van der Waals surface area contributed by atoms with E-state index in [2.05, 4.69) is 206 Å². The van der Waals surface area contributed by atoms with Gasteiger partial charge in [0.1, 0.15) is 11.2 Å². The third-order valence-corrected chi connectivity index (χ3v) is 12.4. The second-order valence-electron chi connectivity index (χ2n) is 16.3. The fourth-order valence-corrected chi connectivity index (χ4v) is 9.19. The Morgan fingerprint density at radius 2 is 0.692 bits per heavy atom. The highest BCUT2D eigenvalue weighted by Gasteiger charge is 2.18. The fourth-order valence-electron chi connectivity index (χ4n) is 9.19. The number of rotatable bonds is 8. The molecule has 0 bridgehead atoms. The quantitative estimate of drug-likeness (QED) is 0.153. The molecule has 0 aliphatic heterocycles. The minimum atomic E-state index is 0.614. The SMILES string of the molecule is c1ccc(-c2cccc(-c3nc(-c4ccc(-c5cccc(-c6ccc(-c7cccc8c7oc7ccccc78)c7ccccc67)c5)cc4)nc(-c4ccccc4-c4ccccc4)n3)c2)cc1. The van der Waals surface area contributed by atoms with Crippen molar-refractivity contribution in [2.24, 2.45) is 0 Å². The van der Waals surface area contributed by atoms with Crippen LogP contribution in [0.2, 0.25) is 0 Å². The number of nitrogens with zero attached hydrogens (tertiary/aromatic N) is 3. The molecule has 0 amide bonds. The molecule has 4 heteroatoms. The van der Waals surface area contributed by atoms with Crippen molar-refractivity contribution < 1.29 is 4.42 Å². The van der Waals surface area contributed by atoms with Crippen LogP contribution in [0.4, 0.5) is 0 Å². The fraction of sp³-hybridized carbons (Fsp3) is 0. The zero-order valence-electron chi connectivity index (χ0n) is 35.3. The summed E-state index contributed by atoms with van der Waals surface area (Å²) in [5.41, 5.74) is 15.8. The van der Waals surface area contributed by atoms with Crippen molar-refractivity contribution in [1.29, 1.82) is 0 Å². The Hall–Kier alpha value is -8.73. The molecule has 304 valence electrons. The molecule has 12 rings (SSSR count). The van der Waals surface area contributed by atoms with Crippen molar-refractivity contribution in [3.8, 4) is 89.8 Å². The van der Waals surface area contributed by atoms with Crippen molar-refractivity contribution in [3.05, 3.63) is 237 Å². The Labute approximate surface area is 376 Å². The molecule has 65 heavy (non-hydrogen) atoms. The third-order valence-electron chi connectivity index (χ3n) is 12.4. The first kappa shape index (κ1) is 38.0. The Morgan fingerprint density at radius 1 is 0.231 bits per heavy atom. The first-order valence-corrected chi connectivity index (χ1v) is 21.9. The molecule has 0 aliphatic carbocycles. The first-order valence-electron chi connectivity index (χ1n) is 21.9. The highest BCUT2D eigenvalue weighted by atomic mass is 16.3.